The van der Waals surface area contributed by atoms with Gasteiger partial charge in [0.1, 0.15) is 13.2 Å². The Morgan fingerprint density at radius 2 is 1.61 bits per heavy atom. The molecule has 2 aromatic carbocycles. The second kappa shape index (κ2) is 10.6. The first-order chi connectivity index (χ1) is 14.9. The van der Waals surface area contributed by atoms with Gasteiger partial charge in [0.05, 0.1) is 33.5 Å². The van der Waals surface area contributed by atoms with Crippen LogP contribution in [0.1, 0.15) is 17.0 Å². The summed E-state index contributed by atoms with van der Waals surface area (Å²) in [6, 6.07) is 17.3. The van der Waals surface area contributed by atoms with Crippen molar-refractivity contribution in [1.82, 2.24) is 4.98 Å². The van der Waals surface area contributed by atoms with E-state index < -0.39 is 11.1 Å². The summed E-state index contributed by atoms with van der Waals surface area (Å²) in [6.07, 6.45) is 0.00930. The lowest BCUT2D eigenvalue weighted by atomic mass is 10.1. The van der Waals surface area contributed by atoms with Crippen LogP contribution in [0.2, 0.25) is 10.0 Å². The third-order valence-corrected chi connectivity index (χ3v) is 4.77. The van der Waals surface area contributed by atoms with Gasteiger partial charge in [0.2, 0.25) is 0 Å². The van der Waals surface area contributed by atoms with Crippen molar-refractivity contribution in [3.63, 3.8) is 0 Å². The Morgan fingerprint density at radius 1 is 0.968 bits per heavy atom. The molecule has 3 aromatic rings. The van der Waals surface area contributed by atoms with Gasteiger partial charge >= 0.3 is 5.97 Å². The summed E-state index contributed by atoms with van der Waals surface area (Å²) in [5.41, 5.74) is 2.73. The molecule has 0 amide bonds. The van der Waals surface area contributed by atoms with E-state index in [1.54, 1.807) is 42.5 Å². The maximum Gasteiger partial charge on any atom is 0.310 e. The van der Waals surface area contributed by atoms with Gasteiger partial charge in [0, 0.05) is 5.69 Å². The van der Waals surface area contributed by atoms with Crippen LogP contribution in [0.3, 0.4) is 0 Å². The number of hydrogen-bond acceptors (Lipinski definition) is 7. The number of ether oxygens (including phenoxy) is 1. The Balaban J connectivity index is 1.63. The first kappa shape index (κ1) is 22.3. The summed E-state index contributed by atoms with van der Waals surface area (Å²) in [7, 11) is 0. The third-order valence-electron chi connectivity index (χ3n) is 4.14. The van der Waals surface area contributed by atoms with Gasteiger partial charge in [-0.25, -0.2) is 0 Å². The highest BCUT2D eigenvalue weighted by Gasteiger charge is 2.13. The zero-order chi connectivity index (χ0) is 22.2. The summed E-state index contributed by atoms with van der Waals surface area (Å²) >= 11 is 12.4. The average molecular weight is 462 g/mol. The molecule has 0 bridgehead atoms. The monoisotopic (exact) mass is 461 g/mol. The molecule has 0 spiro atoms. The van der Waals surface area contributed by atoms with E-state index in [0.29, 0.717) is 38.4 Å². The highest BCUT2D eigenvalue weighted by atomic mass is 35.5. The van der Waals surface area contributed by atoms with Gasteiger partial charge in [0.15, 0.2) is 0 Å². The number of pyridine rings is 1. The van der Waals surface area contributed by atoms with E-state index in [9.17, 15) is 14.9 Å². The summed E-state index contributed by atoms with van der Waals surface area (Å²) < 4.78 is 5.31. The fourth-order valence-electron chi connectivity index (χ4n) is 2.72. The maximum absolute atomic E-state index is 12.4. The Kier molecular flexibility index (Phi) is 7.64. The fourth-order valence-corrected chi connectivity index (χ4v) is 3.21. The topological polar surface area (TPSA) is 104 Å². The molecule has 0 atom stereocenters. The lowest BCUT2D eigenvalue weighted by Gasteiger charge is -2.14. The molecule has 0 aliphatic rings. The second-order valence-corrected chi connectivity index (χ2v) is 7.15. The van der Waals surface area contributed by atoms with Gasteiger partial charge in [-0.2, -0.15) is 0 Å². The van der Waals surface area contributed by atoms with Crippen LogP contribution in [0.15, 0.2) is 60.7 Å². The highest BCUT2D eigenvalue weighted by molar-refractivity contribution is 6.39. The molecule has 10 heteroatoms. The minimum atomic E-state index is -0.893. The lowest BCUT2D eigenvalue weighted by molar-refractivity contribution is -0.763. The van der Waals surface area contributed by atoms with Gasteiger partial charge in [-0.15, -0.1) is 10.1 Å². The predicted molar refractivity (Wildman–Crippen MR) is 116 cm³/mol. The van der Waals surface area contributed by atoms with Gasteiger partial charge in [-0.05, 0) is 35.9 Å². The first-order valence-electron chi connectivity index (χ1n) is 9.09. The van der Waals surface area contributed by atoms with E-state index in [4.69, 9.17) is 27.9 Å². The van der Waals surface area contributed by atoms with E-state index >= 15 is 0 Å². The number of carbonyl (C=O) groups is 1. The number of halogens is 2. The minimum Gasteiger partial charge on any atom is -0.459 e. The van der Waals surface area contributed by atoms with Gasteiger partial charge in [-0.3, -0.25) is 9.78 Å². The third kappa shape index (κ3) is 6.56. The molecular formula is C21H17Cl2N3O5. The highest BCUT2D eigenvalue weighted by Crippen LogP contribution is 2.33. The number of nitrogens with zero attached hydrogens (tertiary/aromatic N) is 2. The Hall–Kier alpha value is -3.36. The molecule has 8 nitrogen and oxygen atoms in total. The van der Waals surface area contributed by atoms with Crippen molar-refractivity contribution in [3.8, 4) is 0 Å². The largest absolute Gasteiger partial charge is 0.459 e. The van der Waals surface area contributed by atoms with Crippen LogP contribution in [-0.2, 0) is 34.0 Å². The lowest BCUT2D eigenvalue weighted by Crippen LogP contribution is -2.11. The van der Waals surface area contributed by atoms with Crippen molar-refractivity contribution < 1.29 is 19.5 Å². The normalized spacial score (nSPS) is 10.4. The van der Waals surface area contributed by atoms with Crippen molar-refractivity contribution in [3.05, 3.63) is 97.8 Å². The number of benzene rings is 2. The summed E-state index contributed by atoms with van der Waals surface area (Å²) in [6.45, 7) is -0.352. The van der Waals surface area contributed by atoms with Crippen LogP contribution in [0.5, 0.6) is 0 Å². The van der Waals surface area contributed by atoms with Crippen LogP contribution in [0, 0.1) is 10.1 Å². The Bertz CT molecular complexity index is 1070. The molecule has 1 aromatic heterocycles. The zero-order valence-corrected chi connectivity index (χ0v) is 17.6. The Morgan fingerprint density at radius 3 is 2.32 bits per heavy atom. The quantitative estimate of drug-likeness (QED) is 0.267. The number of nitrogens with one attached hydrogen (secondary N) is 1. The van der Waals surface area contributed by atoms with Crippen LogP contribution >= 0.6 is 23.2 Å². The molecule has 0 saturated heterocycles. The van der Waals surface area contributed by atoms with Gasteiger partial charge < -0.3 is 14.9 Å². The molecule has 0 saturated carbocycles. The number of aromatic nitrogens is 1. The fraction of sp³-hybridized carbons (Fsp3) is 0.143. The number of anilines is 2. The number of esters is 1. The standard InChI is InChI=1S/C21H17Cl2N3O5/c22-17-8-4-9-18(23)21(17)25-19-10-2-1-5-14(19)11-20(27)30-12-15-6-3-7-16(24-15)13-31-26(28)29/h1-10,25H,11-13H2. The van der Waals surface area contributed by atoms with Crippen molar-refractivity contribution in [1.29, 1.82) is 0 Å². The zero-order valence-electron chi connectivity index (χ0n) is 16.1. The summed E-state index contributed by atoms with van der Waals surface area (Å²) in [5.74, 6) is -0.465. The van der Waals surface area contributed by atoms with Crippen LogP contribution in [0.4, 0.5) is 11.4 Å². The average Bonchev–Trinajstić information content (AvgIpc) is 2.75. The molecular weight excluding hydrogens is 445 g/mol. The van der Waals surface area contributed by atoms with Crippen molar-refractivity contribution in [2.45, 2.75) is 19.6 Å². The molecule has 0 aliphatic heterocycles. The molecule has 0 radical (unpaired) electrons. The minimum absolute atomic E-state index is 0.00930. The first-order valence-corrected chi connectivity index (χ1v) is 9.84. The molecule has 0 unspecified atom stereocenters. The van der Waals surface area contributed by atoms with Crippen molar-refractivity contribution >= 4 is 40.5 Å². The molecule has 160 valence electrons. The Labute approximate surface area is 187 Å². The number of rotatable bonds is 9. The van der Waals surface area contributed by atoms with Crippen LogP contribution < -0.4 is 5.32 Å². The SMILES string of the molecule is O=C(Cc1ccccc1Nc1c(Cl)cccc1Cl)OCc1cccc(CO[N+](=O)[O-])n1. The van der Waals surface area contributed by atoms with Crippen LogP contribution in [0.25, 0.3) is 0 Å². The second-order valence-electron chi connectivity index (χ2n) is 6.33. The molecule has 1 heterocycles. The van der Waals surface area contributed by atoms with Gasteiger partial charge in [-0.1, -0.05) is 53.5 Å². The van der Waals surface area contributed by atoms with E-state index in [1.165, 1.54) is 0 Å². The number of para-hydroxylation sites is 2. The van der Waals surface area contributed by atoms with E-state index in [0.717, 1.165) is 0 Å². The van der Waals surface area contributed by atoms with Crippen LogP contribution in [-0.4, -0.2) is 16.0 Å². The molecule has 0 aliphatic carbocycles. The summed E-state index contributed by atoms with van der Waals surface area (Å²) in [4.78, 5) is 31.1. The molecule has 3 rings (SSSR count). The van der Waals surface area contributed by atoms with Crippen molar-refractivity contribution in [2.75, 3.05) is 5.32 Å². The predicted octanol–water partition coefficient (Wildman–Crippen LogP) is 5.13. The summed E-state index contributed by atoms with van der Waals surface area (Å²) in [5, 5.41) is 13.5. The van der Waals surface area contributed by atoms with E-state index in [2.05, 4.69) is 15.1 Å². The number of carbonyl (C=O) groups excluding carboxylic acids is 1. The molecule has 1 N–H and O–H groups in total. The number of hydrogen-bond donors (Lipinski definition) is 1. The maximum atomic E-state index is 12.4. The van der Waals surface area contributed by atoms with E-state index in [1.807, 2.05) is 18.2 Å². The smallest absolute Gasteiger partial charge is 0.310 e. The molecule has 0 fully saturated rings. The van der Waals surface area contributed by atoms with E-state index in [-0.39, 0.29) is 19.6 Å². The van der Waals surface area contributed by atoms with Crippen molar-refractivity contribution in [2.24, 2.45) is 0 Å². The van der Waals surface area contributed by atoms with Gasteiger partial charge in [0.25, 0.3) is 5.09 Å². The molecule has 31 heavy (non-hydrogen) atoms.